The second kappa shape index (κ2) is 11.4. The van der Waals surface area contributed by atoms with E-state index in [1.54, 1.807) is 34.9 Å². The number of hydrogen-bond acceptors (Lipinski definition) is 6. The summed E-state index contributed by atoms with van der Waals surface area (Å²) in [6.45, 7) is 2.96. The summed E-state index contributed by atoms with van der Waals surface area (Å²) in [6, 6.07) is 0. The van der Waals surface area contributed by atoms with Crippen LogP contribution in [0.25, 0.3) is 0 Å². The van der Waals surface area contributed by atoms with E-state index in [-0.39, 0.29) is 12.5 Å². The maximum absolute atomic E-state index is 11.6. The number of thiazole rings is 1. The molecular weight excluding hydrogens is 312 g/mol. The maximum Gasteiger partial charge on any atom is 0.220 e. The number of nitrogens with one attached hydrogen (secondary N) is 1. The summed E-state index contributed by atoms with van der Waals surface area (Å²) in [6.07, 6.45) is 1.39. The Labute approximate surface area is 133 Å². The molecule has 114 valence electrons. The third-order valence-corrected chi connectivity index (χ3v) is 5.29. The Hall–Kier alpha value is -0.240. The number of aryl methyl sites for hydroxylation is 1. The van der Waals surface area contributed by atoms with Gasteiger partial charge in [0.1, 0.15) is 0 Å². The highest BCUT2D eigenvalue weighted by Crippen LogP contribution is 2.15. The van der Waals surface area contributed by atoms with Crippen molar-refractivity contribution in [1.82, 2.24) is 10.3 Å². The second-order valence-electron chi connectivity index (χ2n) is 4.20. The number of aromatic nitrogens is 1. The molecule has 0 bridgehead atoms. The lowest BCUT2D eigenvalue weighted by Gasteiger charge is -2.04. The van der Waals surface area contributed by atoms with Gasteiger partial charge in [-0.1, -0.05) is 0 Å². The minimum absolute atomic E-state index is 0.120. The molecular formula is C13H22N2O2S3. The van der Waals surface area contributed by atoms with Crippen molar-refractivity contribution in [3.63, 3.8) is 0 Å². The fourth-order valence-electron chi connectivity index (χ4n) is 1.44. The second-order valence-corrected chi connectivity index (χ2v) is 7.59. The van der Waals surface area contributed by atoms with Crippen LogP contribution in [0.15, 0.2) is 5.38 Å². The van der Waals surface area contributed by atoms with Gasteiger partial charge in [0.05, 0.1) is 10.7 Å². The maximum atomic E-state index is 11.6. The molecule has 1 aromatic rings. The minimum atomic E-state index is 0.120. The molecule has 0 atom stereocenters. The van der Waals surface area contributed by atoms with Crippen molar-refractivity contribution in [2.24, 2.45) is 0 Å². The van der Waals surface area contributed by atoms with Crippen LogP contribution < -0.4 is 5.32 Å². The van der Waals surface area contributed by atoms with Gasteiger partial charge in [0, 0.05) is 42.2 Å². The fourth-order valence-corrected chi connectivity index (χ4v) is 3.77. The Morgan fingerprint density at radius 1 is 1.40 bits per heavy atom. The molecule has 20 heavy (non-hydrogen) atoms. The number of rotatable bonds is 11. The van der Waals surface area contributed by atoms with E-state index in [1.807, 2.05) is 6.92 Å². The fraction of sp³-hybridized carbons (Fsp3) is 0.692. The van der Waals surface area contributed by atoms with Crippen LogP contribution in [0.1, 0.15) is 23.5 Å². The average Bonchev–Trinajstić information content (AvgIpc) is 2.84. The zero-order chi connectivity index (χ0) is 14.6. The first-order valence-corrected chi connectivity index (χ1v) is 9.85. The van der Waals surface area contributed by atoms with Crippen molar-refractivity contribution in [3.05, 3.63) is 16.1 Å². The molecule has 0 saturated heterocycles. The molecule has 0 aliphatic heterocycles. The van der Waals surface area contributed by atoms with Gasteiger partial charge in [0.2, 0.25) is 5.91 Å². The highest BCUT2D eigenvalue weighted by Gasteiger charge is 2.02. The molecule has 0 radical (unpaired) electrons. The van der Waals surface area contributed by atoms with Gasteiger partial charge in [-0.05, 0) is 19.1 Å². The first-order valence-electron chi connectivity index (χ1n) is 6.66. The number of nitrogens with zero attached hydrogens (tertiary/aromatic N) is 1. The third kappa shape index (κ3) is 8.84. The highest BCUT2D eigenvalue weighted by atomic mass is 32.2. The summed E-state index contributed by atoms with van der Waals surface area (Å²) in [5.74, 6) is 3.70. The molecule has 7 heteroatoms. The average molecular weight is 335 g/mol. The number of thioether (sulfide) groups is 2. The number of hydrogen-bond donors (Lipinski definition) is 2. The summed E-state index contributed by atoms with van der Waals surface area (Å²) < 4.78 is 0. The highest BCUT2D eigenvalue weighted by molar-refractivity contribution is 7.99. The van der Waals surface area contributed by atoms with Crippen molar-refractivity contribution in [3.8, 4) is 0 Å². The van der Waals surface area contributed by atoms with Gasteiger partial charge in [-0.25, -0.2) is 4.98 Å². The summed E-state index contributed by atoms with van der Waals surface area (Å²) in [7, 11) is 0. The standard InChI is InChI=1S/C13H22N2O2S3/c1-11-15-12(10-20-11)9-19-7-3-13(17)14-4-8-18-6-2-5-16/h10,16H,2-9H2,1H3,(H,14,17). The van der Waals surface area contributed by atoms with E-state index >= 15 is 0 Å². The quantitative estimate of drug-likeness (QED) is 0.608. The Morgan fingerprint density at radius 2 is 2.25 bits per heavy atom. The molecule has 0 spiro atoms. The van der Waals surface area contributed by atoms with Crippen molar-refractivity contribution in [1.29, 1.82) is 0 Å². The van der Waals surface area contributed by atoms with Crippen molar-refractivity contribution < 1.29 is 9.90 Å². The largest absolute Gasteiger partial charge is 0.396 e. The van der Waals surface area contributed by atoms with Crippen LogP contribution in [0.3, 0.4) is 0 Å². The van der Waals surface area contributed by atoms with E-state index in [1.165, 1.54) is 0 Å². The minimum Gasteiger partial charge on any atom is -0.396 e. The number of aliphatic hydroxyl groups excluding tert-OH is 1. The summed E-state index contributed by atoms with van der Waals surface area (Å²) >= 11 is 5.18. The van der Waals surface area contributed by atoms with Crippen molar-refractivity contribution in [2.75, 3.05) is 30.4 Å². The molecule has 0 unspecified atom stereocenters. The summed E-state index contributed by atoms with van der Waals surface area (Å²) in [5, 5.41) is 14.7. The smallest absolute Gasteiger partial charge is 0.220 e. The van der Waals surface area contributed by atoms with Crippen LogP contribution in [0.4, 0.5) is 0 Å². The van der Waals surface area contributed by atoms with Gasteiger partial charge in [0.15, 0.2) is 0 Å². The molecule has 1 heterocycles. The van der Waals surface area contributed by atoms with E-state index in [2.05, 4.69) is 15.7 Å². The topological polar surface area (TPSA) is 62.2 Å². The molecule has 1 rings (SSSR count). The van der Waals surface area contributed by atoms with Gasteiger partial charge in [0.25, 0.3) is 0 Å². The monoisotopic (exact) mass is 334 g/mol. The van der Waals surface area contributed by atoms with Gasteiger partial charge < -0.3 is 10.4 Å². The van der Waals surface area contributed by atoms with Crippen molar-refractivity contribution in [2.45, 2.75) is 25.5 Å². The SMILES string of the molecule is Cc1nc(CSCCC(=O)NCCSCCCO)cs1. The predicted octanol–water partition coefficient (Wildman–Crippen LogP) is 2.31. The lowest BCUT2D eigenvalue weighted by atomic mass is 10.4. The van der Waals surface area contributed by atoms with Crippen LogP contribution >= 0.6 is 34.9 Å². The Kier molecular flexibility index (Phi) is 10.2. The molecule has 1 aromatic heterocycles. The zero-order valence-electron chi connectivity index (χ0n) is 11.8. The Bertz CT molecular complexity index is 385. The van der Waals surface area contributed by atoms with Crippen LogP contribution in [0.5, 0.6) is 0 Å². The molecule has 0 aliphatic rings. The predicted molar refractivity (Wildman–Crippen MR) is 89.7 cm³/mol. The first-order chi connectivity index (χ1) is 9.72. The molecule has 2 N–H and O–H groups in total. The van der Waals surface area contributed by atoms with E-state index < -0.39 is 0 Å². The van der Waals surface area contributed by atoms with Crippen LogP contribution in [0, 0.1) is 6.92 Å². The molecule has 0 saturated carbocycles. The van der Waals surface area contributed by atoms with E-state index in [0.717, 1.165) is 40.1 Å². The van der Waals surface area contributed by atoms with Crippen molar-refractivity contribution >= 4 is 40.8 Å². The van der Waals surface area contributed by atoms with Gasteiger partial charge in [-0.15, -0.1) is 11.3 Å². The van der Waals surface area contributed by atoms with Gasteiger partial charge >= 0.3 is 0 Å². The van der Waals surface area contributed by atoms with Crippen LogP contribution in [-0.2, 0) is 10.5 Å². The lowest BCUT2D eigenvalue weighted by molar-refractivity contribution is -0.120. The van der Waals surface area contributed by atoms with Gasteiger partial charge in [-0.3, -0.25) is 4.79 Å². The van der Waals surface area contributed by atoms with Crippen LogP contribution in [-0.4, -0.2) is 46.4 Å². The lowest BCUT2D eigenvalue weighted by Crippen LogP contribution is -2.26. The zero-order valence-corrected chi connectivity index (χ0v) is 14.2. The summed E-state index contributed by atoms with van der Waals surface area (Å²) in [5.41, 5.74) is 1.11. The summed E-state index contributed by atoms with van der Waals surface area (Å²) in [4.78, 5) is 15.9. The van der Waals surface area contributed by atoms with Crippen LogP contribution in [0.2, 0.25) is 0 Å². The van der Waals surface area contributed by atoms with Gasteiger partial charge in [-0.2, -0.15) is 23.5 Å². The third-order valence-electron chi connectivity index (χ3n) is 2.41. The number of aliphatic hydroxyl groups is 1. The molecule has 4 nitrogen and oxygen atoms in total. The first kappa shape index (κ1) is 17.8. The van der Waals surface area contributed by atoms with E-state index in [9.17, 15) is 4.79 Å². The molecule has 0 fully saturated rings. The number of carbonyl (C=O) groups is 1. The number of carbonyl (C=O) groups excluding carboxylic acids is 1. The molecule has 0 aromatic carbocycles. The Morgan fingerprint density at radius 3 is 2.95 bits per heavy atom. The normalized spacial score (nSPS) is 10.7. The molecule has 1 amide bonds. The van der Waals surface area contributed by atoms with E-state index in [4.69, 9.17) is 5.11 Å². The van der Waals surface area contributed by atoms with E-state index in [0.29, 0.717) is 13.0 Å². The Balaban J connectivity index is 1.92. The number of amides is 1. The molecule has 0 aliphatic carbocycles.